The lowest BCUT2D eigenvalue weighted by molar-refractivity contribution is 0.771. The van der Waals surface area contributed by atoms with Crippen LogP contribution in [0, 0.1) is 0 Å². The molecular weight excluding hydrogens is 307 g/mol. The van der Waals surface area contributed by atoms with Crippen molar-refractivity contribution in [2.24, 2.45) is 0 Å². The maximum Gasteiger partial charge on any atom is 0.135 e. The van der Waals surface area contributed by atoms with Gasteiger partial charge in [0.25, 0.3) is 0 Å². The quantitative estimate of drug-likeness (QED) is 0.858. The van der Waals surface area contributed by atoms with Crippen LogP contribution in [0.2, 0.25) is 10.0 Å². The fourth-order valence-electron chi connectivity index (χ4n) is 1.97. The maximum absolute atomic E-state index is 6.22. The van der Waals surface area contributed by atoms with Crippen molar-refractivity contribution in [3.8, 4) is 0 Å². The van der Waals surface area contributed by atoms with Crippen LogP contribution in [0.5, 0.6) is 0 Å². The summed E-state index contributed by atoms with van der Waals surface area (Å²) >= 11 is 12.1. The molecule has 21 heavy (non-hydrogen) atoms. The summed E-state index contributed by atoms with van der Waals surface area (Å²) in [4.78, 5) is 8.70. The fraction of sp³-hybridized carbons (Fsp3) is 0.333. The molecule has 0 aliphatic heterocycles. The van der Waals surface area contributed by atoms with Gasteiger partial charge >= 0.3 is 0 Å². The highest BCUT2D eigenvalue weighted by Gasteiger charge is 2.12. The number of hydrogen-bond donors (Lipinski definition) is 2. The molecule has 0 saturated heterocycles. The summed E-state index contributed by atoms with van der Waals surface area (Å²) in [5.74, 6) is 2.06. The second-order valence-electron chi connectivity index (χ2n) is 5.22. The van der Waals surface area contributed by atoms with Crippen LogP contribution >= 0.6 is 23.2 Å². The van der Waals surface area contributed by atoms with Gasteiger partial charge in [0.1, 0.15) is 17.5 Å². The molecule has 4 nitrogen and oxygen atoms in total. The molecule has 1 heterocycles. The Labute approximate surface area is 134 Å². The lowest BCUT2D eigenvalue weighted by Crippen LogP contribution is -2.11. The topological polar surface area (TPSA) is 63.8 Å². The van der Waals surface area contributed by atoms with Crippen molar-refractivity contribution < 1.29 is 0 Å². The van der Waals surface area contributed by atoms with E-state index in [9.17, 15) is 0 Å². The lowest BCUT2D eigenvalue weighted by atomic mass is 10.1. The molecule has 6 heteroatoms. The predicted molar refractivity (Wildman–Crippen MR) is 89.0 cm³/mol. The largest absolute Gasteiger partial charge is 0.384 e. The van der Waals surface area contributed by atoms with Crippen molar-refractivity contribution in [1.82, 2.24) is 9.97 Å². The number of nitrogens with zero attached hydrogens (tertiary/aromatic N) is 2. The fourth-order valence-corrected chi connectivity index (χ4v) is 2.54. The van der Waals surface area contributed by atoms with E-state index < -0.39 is 0 Å². The van der Waals surface area contributed by atoms with Crippen molar-refractivity contribution in [2.75, 3.05) is 11.1 Å². The normalized spacial score (nSPS) is 12.5. The minimum atomic E-state index is -0.0240. The Morgan fingerprint density at radius 2 is 1.81 bits per heavy atom. The van der Waals surface area contributed by atoms with Crippen molar-refractivity contribution in [2.45, 2.75) is 32.7 Å². The number of aromatic nitrogens is 2. The van der Waals surface area contributed by atoms with Crippen LogP contribution < -0.4 is 11.1 Å². The highest BCUT2D eigenvalue weighted by Crippen LogP contribution is 2.28. The zero-order chi connectivity index (χ0) is 15.6. The number of rotatable bonds is 4. The van der Waals surface area contributed by atoms with E-state index in [1.807, 2.05) is 32.9 Å². The molecule has 1 atom stereocenters. The first-order valence-electron chi connectivity index (χ1n) is 6.72. The van der Waals surface area contributed by atoms with Crippen molar-refractivity contribution in [3.05, 3.63) is 45.7 Å². The van der Waals surface area contributed by atoms with Crippen LogP contribution in [0.4, 0.5) is 11.6 Å². The Bertz CT molecular complexity index is 644. The molecular formula is C15H18Cl2N4. The monoisotopic (exact) mass is 324 g/mol. The molecule has 0 aliphatic rings. The van der Waals surface area contributed by atoms with Gasteiger partial charge in [0.2, 0.25) is 0 Å². The van der Waals surface area contributed by atoms with E-state index in [2.05, 4.69) is 15.3 Å². The summed E-state index contributed by atoms with van der Waals surface area (Å²) in [6.07, 6.45) is 0. The standard InChI is InChI=1S/C15H18Cl2N4/c1-8(2)15-20-13(18)7-14(21-15)19-9(3)11-5-4-10(16)6-12(11)17/h4-9H,1-3H3,(H3,18,19,20,21). The summed E-state index contributed by atoms with van der Waals surface area (Å²) < 4.78 is 0. The third-order valence-electron chi connectivity index (χ3n) is 3.07. The first-order valence-corrected chi connectivity index (χ1v) is 7.48. The van der Waals surface area contributed by atoms with E-state index in [-0.39, 0.29) is 12.0 Å². The van der Waals surface area contributed by atoms with E-state index in [1.54, 1.807) is 12.1 Å². The second-order valence-corrected chi connectivity index (χ2v) is 6.07. The highest BCUT2D eigenvalue weighted by atomic mass is 35.5. The van der Waals surface area contributed by atoms with Crippen LogP contribution in [0.25, 0.3) is 0 Å². The van der Waals surface area contributed by atoms with Gasteiger partial charge in [-0.1, -0.05) is 43.1 Å². The van der Waals surface area contributed by atoms with Gasteiger partial charge in [0.15, 0.2) is 0 Å². The van der Waals surface area contributed by atoms with E-state index >= 15 is 0 Å². The van der Waals surface area contributed by atoms with E-state index in [0.29, 0.717) is 27.5 Å². The zero-order valence-electron chi connectivity index (χ0n) is 12.2. The molecule has 0 saturated carbocycles. The molecule has 0 amide bonds. The first-order chi connectivity index (χ1) is 9.86. The predicted octanol–water partition coefficient (Wildman–Crippen LogP) is 4.66. The van der Waals surface area contributed by atoms with Crippen LogP contribution in [0.1, 0.15) is 44.1 Å². The van der Waals surface area contributed by atoms with Gasteiger partial charge < -0.3 is 11.1 Å². The molecule has 3 N–H and O–H groups in total. The van der Waals surface area contributed by atoms with Gasteiger partial charge in [-0.3, -0.25) is 0 Å². The van der Waals surface area contributed by atoms with Crippen molar-refractivity contribution in [1.29, 1.82) is 0 Å². The Kier molecular flexibility index (Phi) is 4.91. The average Bonchev–Trinajstić information content (AvgIpc) is 2.37. The lowest BCUT2D eigenvalue weighted by Gasteiger charge is -2.17. The molecule has 2 rings (SSSR count). The van der Waals surface area contributed by atoms with Gasteiger partial charge in [-0.25, -0.2) is 9.97 Å². The van der Waals surface area contributed by atoms with Gasteiger partial charge in [0.05, 0.1) is 6.04 Å². The van der Waals surface area contributed by atoms with Crippen LogP contribution in [-0.4, -0.2) is 9.97 Å². The number of hydrogen-bond acceptors (Lipinski definition) is 4. The summed E-state index contributed by atoms with van der Waals surface area (Å²) in [7, 11) is 0. The third-order valence-corrected chi connectivity index (χ3v) is 3.64. The van der Waals surface area contributed by atoms with E-state index in [4.69, 9.17) is 28.9 Å². The smallest absolute Gasteiger partial charge is 0.135 e. The summed E-state index contributed by atoms with van der Waals surface area (Å²) in [5.41, 5.74) is 6.78. The second kappa shape index (κ2) is 6.50. The molecule has 1 aromatic carbocycles. The summed E-state index contributed by atoms with van der Waals surface area (Å²) in [6.45, 7) is 6.05. The number of nitrogen functional groups attached to an aromatic ring is 1. The van der Waals surface area contributed by atoms with Gasteiger partial charge in [-0.2, -0.15) is 0 Å². The number of nitrogens with two attached hydrogens (primary N) is 1. The van der Waals surface area contributed by atoms with Crippen molar-refractivity contribution >= 4 is 34.8 Å². The average molecular weight is 325 g/mol. The van der Waals surface area contributed by atoms with Crippen molar-refractivity contribution in [3.63, 3.8) is 0 Å². The Hall–Kier alpha value is -1.52. The highest BCUT2D eigenvalue weighted by molar-refractivity contribution is 6.35. The minimum absolute atomic E-state index is 0.0240. The Balaban J connectivity index is 2.25. The number of benzene rings is 1. The zero-order valence-corrected chi connectivity index (χ0v) is 13.7. The molecule has 1 unspecified atom stereocenters. The van der Waals surface area contributed by atoms with E-state index in [1.165, 1.54) is 0 Å². The Morgan fingerprint density at radius 1 is 1.10 bits per heavy atom. The van der Waals surface area contributed by atoms with E-state index in [0.717, 1.165) is 5.56 Å². The molecule has 0 bridgehead atoms. The molecule has 0 radical (unpaired) electrons. The summed E-state index contributed by atoms with van der Waals surface area (Å²) in [6, 6.07) is 7.13. The SMILES string of the molecule is CC(C)c1nc(N)cc(NC(C)c2ccc(Cl)cc2Cl)n1. The van der Waals surface area contributed by atoms with Crippen LogP contribution in [0.3, 0.4) is 0 Å². The molecule has 112 valence electrons. The van der Waals surface area contributed by atoms with Crippen LogP contribution in [0.15, 0.2) is 24.3 Å². The maximum atomic E-state index is 6.22. The Morgan fingerprint density at radius 3 is 2.43 bits per heavy atom. The molecule has 2 aromatic rings. The molecule has 0 aliphatic carbocycles. The molecule has 0 spiro atoms. The first kappa shape index (κ1) is 15.9. The minimum Gasteiger partial charge on any atom is -0.384 e. The van der Waals surface area contributed by atoms with Gasteiger partial charge in [0, 0.05) is 22.0 Å². The van der Waals surface area contributed by atoms with Gasteiger partial charge in [-0.05, 0) is 24.6 Å². The molecule has 0 fully saturated rings. The number of halogens is 2. The third kappa shape index (κ3) is 3.99. The number of nitrogens with one attached hydrogen (secondary N) is 1. The number of anilines is 2. The molecule has 1 aromatic heterocycles. The van der Waals surface area contributed by atoms with Crippen LogP contribution in [-0.2, 0) is 0 Å². The van der Waals surface area contributed by atoms with Gasteiger partial charge in [-0.15, -0.1) is 0 Å². The summed E-state index contributed by atoms with van der Waals surface area (Å²) in [5, 5.41) is 4.53.